The van der Waals surface area contributed by atoms with Crippen molar-refractivity contribution in [3.8, 4) is 0 Å². The number of amides is 1. The zero-order valence-corrected chi connectivity index (χ0v) is 10.7. The van der Waals surface area contributed by atoms with Crippen LogP contribution in [0.25, 0.3) is 0 Å². The van der Waals surface area contributed by atoms with Gasteiger partial charge < -0.3 is 10.6 Å². The summed E-state index contributed by atoms with van der Waals surface area (Å²) >= 11 is 0. The fourth-order valence-corrected chi connectivity index (χ4v) is 1.86. The van der Waals surface area contributed by atoms with Crippen molar-refractivity contribution in [1.29, 1.82) is 0 Å². The molecule has 1 rings (SSSR count). The van der Waals surface area contributed by atoms with Crippen LogP contribution < -0.4 is 10.6 Å². The minimum absolute atomic E-state index is 0.163. The molecule has 0 bridgehead atoms. The molecule has 2 N–H and O–H groups in total. The van der Waals surface area contributed by atoms with Crippen molar-refractivity contribution in [1.82, 2.24) is 0 Å². The summed E-state index contributed by atoms with van der Waals surface area (Å²) in [5.41, 5.74) is 6.61. The Bertz CT molecular complexity index is 333. The Hall–Kier alpha value is -1.35. The van der Waals surface area contributed by atoms with Gasteiger partial charge in [-0.1, -0.05) is 31.5 Å². The molecule has 0 saturated carbocycles. The van der Waals surface area contributed by atoms with Gasteiger partial charge in [0.1, 0.15) is 0 Å². The standard InChI is InChI=1S/C14H22N2O/c1-3-12(11-15)10-14(17)16(4-2)13-8-6-5-7-9-13/h5-9,12H,3-4,10-11,15H2,1-2H3. The maximum absolute atomic E-state index is 12.2. The number of carbonyl (C=O) groups is 1. The third-order valence-electron chi connectivity index (χ3n) is 3.06. The first kappa shape index (κ1) is 13.7. The van der Waals surface area contributed by atoms with Gasteiger partial charge in [-0.15, -0.1) is 0 Å². The van der Waals surface area contributed by atoms with Crippen LogP contribution in [0.3, 0.4) is 0 Å². The topological polar surface area (TPSA) is 46.3 Å². The summed E-state index contributed by atoms with van der Waals surface area (Å²) in [5.74, 6) is 0.455. The van der Waals surface area contributed by atoms with Crippen LogP contribution in [0, 0.1) is 5.92 Å². The number of hydrogen-bond donors (Lipinski definition) is 1. The summed E-state index contributed by atoms with van der Waals surface area (Å²) in [7, 11) is 0. The lowest BCUT2D eigenvalue weighted by Gasteiger charge is -2.23. The van der Waals surface area contributed by atoms with Gasteiger partial charge in [0.2, 0.25) is 5.91 Å². The van der Waals surface area contributed by atoms with Gasteiger partial charge in [-0.25, -0.2) is 0 Å². The van der Waals surface area contributed by atoms with Crippen LogP contribution in [0.5, 0.6) is 0 Å². The highest BCUT2D eigenvalue weighted by Gasteiger charge is 2.17. The third kappa shape index (κ3) is 3.86. The maximum atomic E-state index is 12.2. The maximum Gasteiger partial charge on any atom is 0.227 e. The van der Waals surface area contributed by atoms with Gasteiger partial charge in [0, 0.05) is 18.7 Å². The van der Waals surface area contributed by atoms with E-state index in [9.17, 15) is 4.79 Å². The SMILES string of the molecule is CCC(CN)CC(=O)N(CC)c1ccccc1. The summed E-state index contributed by atoms with van der Waals surface area (Å²) in [6, 6.07) is 9.78. The van der Waals surface area contributed by atoms with Gasteiger partial charge in [0.15, 0.2) is 0 Å². The van der Waals surface area contributed by atoms with E-state index in [2.05, 4.69) is 6.92 Å². The molecule has 1 amide bonds. The Labute approximate surface area is 104 Å². The van der Waals surface area contributed by atoms with E-state index in [0.717, 1.165) is 12.1 Å². The van der Waals surface area contributed by atoms with Crippen LogP contribution >= 0.6 is 0 Å². The van der Waals surface area contributed by atoms with Crippen molar-refractivity contribution < 1.29 is 4.79 Å². The van der Waals surface area contributed by atoms with Crippen molar-refractivity contribution in [3.05, 3.63) is 30.3 Å². The molecule has 0 aliphatic rings. The summed E-state index contributed by atoms with van der Waals surface area (Å²) < 4.78 is 0. The number of nitrogens with two attached hydrogens (primary N) is 1. The van der Waals surface area contributed by atoms with E-state index in [1.807, 2.05) is 42.2 Å². The quantitative estimate of drug-likeness (QED) is 0.821. The van der Waals surface area contributed by atoms with Gasteiger partial charge in [0.05, 0.1) is 0 Å². The molecule has 1 unspecified atom stereocenters. The molecule has 0 aliphatic heterocycles. The molecule has 0 fully saturated rings. The average molecular weight is 234 g/mol. The number of benzene rings is 1. The van der Waals surface area contributed by atoms with Crippen LogP contribution in [0.4, 0.5) is 5.69 Å². The zero-order chi connectivity index (χ0) is 12.7. The summed E-state index contributed by atoms with van der Waals surface area (Å²) in [6.07, 6.45) is 1.49. The molecule has 0 aromatic heterocycles. The number of rotatable bonds is 6. The van der Waals surface area contributed by atoms with E-state index in [1.165, 1.54) is 0 Å². The first-order valence-corrected chi connectivity index (χ1v) is 6.28. The number of hydrogen-bond acceptors (Lipinski definition) is 2. The lowest BCUT2D eigenvalue weighted by atomic mass is 10.0. The molecule has 3 nitrogen and oxygen atoms in total. The van der Waals surface area contributed by atoms with E-state index in [-0.39, 0.29) is 5.91 Å². The summed E-state index contributed by atoms with van der Waals surface area (Å²) in [4.78, 5) is 14.0. The Balaban J connectivity index is 2.71. The highest BCUT2D eigenvalue weighted by atomic mass is 16.2. The molecule has 0 radical (unpaired) electrons. The van der Waals surface area contributed by atoms with Gasteiger partial charge in [-0.05, 0) is 31.5 Å². The molecule has 3 heteroatoms. The molecule has 1 atom stereocenters. The van der Waals surface area contributed by atoms with Crippen LogP contribution in [0.15, 0.2) is 30.3 Å². The fourth-order valence-electron chi connectivity index (χ4n) is 1.86. The molecule has 0 saturated heterocycles. The smallest absolute Gasteiger partial charge is 0.227 e. The monoisotopic (exact) mass is 234 g/mol. The molecule has 17 heavy (non-hydrogen) atoms. The largest absolute Gasteiger partial charge is 0.330 e. The lowest BCUT2D eigenvalue weighted by Crippen LogP contribution is -2.33. The fraction of sp³-hybridized carbons (Fsp3) is 0.500. The molecule has 0 heterocycles. The van der Waals surface area contributed by atoms with Gasteiger partial charge in [-0.3, -0.25) is 4.79 Å². The van der Waals surface area contributed by atoms with Crippen molar-refractivity contribution in [2.45, 2.75) is 26.7 Å². The van der Waals surface area contributed by atoms with Crippen molar-refractivity contribution >= 4 is 11.6 Å². The lowest BCUT2D eigenvalue weighted by molar-refractivity contribution is -0.119. The van der Waals surface area contributed by atoms with Crippen LogP contribution in [0.1, 0.15) is 26.7 Å². The highest BCUT2D eigenvalue weighted by Crippen LogP contribution is 2.16. The zero-order valence-electron chi connectivity index (χ0n) is 10.7. The van der Waals surface area contributed by atoms with Gasteiger partial charge in [-0.2, -0.15) is 0 Å². The summed E-state index contributed by atoms with van der Waals surface area (Å²) in [6.45, 7) is 5.34. The highest BCUT2D eigenvalue weighted by molar-refractivity contribution is 5.93. The Morgan fingerprint density at radius 3 is 2.41 bits per heavy atom. The molecule has 0 spiro atoms. The van der Waals surface area contributed by atoms with Crippen LogP contribution in [-0.4, -0.2) is 19.0 Å². The molecule has 94 valence electrons. The molecular formula is C14H22N2O. The number of para-hydroxylation sites is 1. The summed E-state index contributed by atoms with van der Waals surface area (Å²) in [5, 5.41) is 0. The van der Waals surface area contributed by atoms with Gasteiger partial charge in [0.25, 0.3) is 0 Å². The predicted molar refractivity (Wildman–Crippen MR) is 71.9 cm³/mol. The predicted octanol–water partition coefficient (Wildman–Crippen LogP) is 2.41. The van der Waals surface area contributed by atoms with Crippen molar-refractivity contribution in [2.75, 3.05) is 18.0 Å². The Morgan fingerprint density at radius 2 is 1.94 bits per heavy atom. The molecular weight excluding hydrogens is 212 g/mol. The second-order valence-corrected chi connectivity index (χ2v) is 4.19. The number of nitrogens with zero attached hydrogens (tertiary/aromatic N) is 1. The normalized spacial score (nSPS) is 12.2. The molecule has 1 aromatic rings. The minimum atomic E-state index is 0.163. The van der Waals surface area contributed by atoms with Crippen LogP contribution in [-0.2, 0) is 4.79 Å². The van der Waals surface area contributed by atoms with E-state index in [1.54, 1.807) is 0 Å². The third-order valence-corrected chi connectivity index (χ3v) is 3.06. The van der Waals surface area contributed by atoms with Gasteiger partial charge >= 0.3 is 0 Å². The Kier molecular flexibility index (Phi) is 5.70. The second-order valence-electron chi connectivity index (χ2n) is 4.19. The number of carbonyl (C=O) groups excluding carboxylic acids is 1. The van der Waals surface area contributed by atoms with E-state index < -0.39 is 0 Å². The number of anilines is 1. The first-order valence-electron chi connectivity index (χ1n) is 6.28. The molecule has 0 aliphatic carbocycles. The second kappa shape index (κ2) is 7.07. The van der Waals surface area contributed by atoms with E-state index in [4.69, 9.17) is 5.73 Å². The average Bonchev–Trinajstić information content (AvgIpc) is 2.38. The van der Waals surface area contributed by atoms with Crippen LogP contribution in [0.2, 0.25) is 0 Å². The minimum Gasteiger partial charge on any atom is -0.330 e. The molecule has 1 aromatic carbocycles. The van der Waals surface area contributed by atoms with Crippen molar-refractivity contribution in [3.63, 3.8) is 0 Å². The van der Waals surface area contributed by atoms with Crippen molar-refractivity contribution in [2.24, 2.45) is 11.7 Å². The first-order chi connectivity index (χ1) is 8.22. The van der Waals surface area contributed by atoms with E-state index in [0.29, 0.717) is 25.4 Å². The Morgan fingerprint density at radius 1 is 1.29 bits per heavy atom. The van der Waals surface area contributed by atoms with E-state index >= 15 is 0 Å².